The van der Waals surface area contributed by atoms with E-state index in [0.717, 1.165) is 16.7 Å². The van der Waals surface area contributed by atoms with Crippen molar-refractivity contribution in [3.8, 4) is 16.9 Å². The Balaban J connectivity index is 0.00000260. The van der Waals surface area contributed by atoms with Crippen molar-refractivity contribution in [2.45, 2.75) is 64.1 Å². The molecular formula is C32H41F3N2O2. The van der Waals surface area contributed by atoms with Gasteiger partial charge in [0.25, 0.3) is 0 Å². The van der Waals surface area contributed by atoms with Gasteiger partial charge in [0, 0.05) is 24.2 Å². The summed E-state index contributed by atoms with van der Waals surface area (Å²) >= 11 is 0. The summed E-state index contributed by atoms with van der Waals surface area (Å²) in [6.45, 7) is 7.77. The molecule has 0 bridgehead atoms. The summed E-state index contributed by atoms with van der Waals surface area (Å²) in [7, 11) is 1.81. The molecule has 2 aromatic rings. The highest BCUT2D eigenvalue weighted by Crippen LogP contribution is 2.46. The van der Waals surface area contributed by atoms with Crippen molar-refractivity contribution < 1.29 is 23.4 Å². The van der Waals surface area contributed by atoms with E-state index in [1.165, 1.54) is 12.1 Å². The molecule has 5 N–H and O–H groups in total. The molecule has 1 atom stereocenters. The van der Waals surface area contributed by atoms with Crippen LogP contribution in [-0.4, -0.2) is 35.6 Å². The van der Waals surface area contributed by atoms with Crippen LogP contribution in [0.1, 0.15) is 52.5 Å². The van der Waals surface area contributed by atoms with Crippen molar-refractivity contribution in [3.05, 3.63) is 101 Å². The van der Waals surface area contributed by atoms with E-state index in [9.17, 15) is 23.4 Å². The maximum absolute atomic E-state index is 14.3. The van der Waals surface area contributed by atoms with E-state index in [0.29, 0.717) is 24.1 Å². The molecule has 0 saturated heterocycles. The number of benzene rings is 2. The zero-order valence-corrected chi connectivity index (χ0v) is 23.4. The Morgan fingerprint density at radius 2 is 1.72 bits per heavy atom. The molecule has 0 heterocycles. The second kappa shape index (κ2) is 13.7. The molecule has 3 rings (SSSR count). The summed E-state index contributed by atoms with van der Waals surface area (Å²) in [6, 6.07) is 14.2. The molecule has 0 fully saturated rings. The molecule has 0 aromatic heterocycles. The number of halogens is 3. The van der Waals surface area contributed by atoms with Gasteiger partial charge < -0.3 is 21.3 Å². The van der Waals surface area contributed by atoms with Crippen molar-refractivity contribution >= 4 is 0 Å². The summed E-state index contributed by atoms with van der Waals surface area (Å²) in [5.74, 6) is -0.129. The first kappa shape index (κ1) is 31.9. The third-order valence-electron chi connectivity index (χ3n) is 6.50. The van der Waals surface area contributed by atoms with Crippen molar-refractivity contribution in [2.24, 2.45) is 5.73 Å². The van der Waals surface area contributed by atoms with Crippen LogP contribution in [0.4, 0.5) is 13.2 Å². The maximum atomic E-state index is 14.3. The van der Waals surface area contributed by atoms with Gasteiger partial charge in [-0.15, -0.1) is 0 Å². The fourth-order valence-corrected chi connectivity index (χ4v) is 4.74. The van der Waals surface area contributed by atoms with E-state index in [1.807, 2.05) is 75.5 Å². The number of alkyl halides is 3. The van der Waals surface area contributed by atoms with Crippen molar-refractivity contribution in [3.63, 3.8) is 0 Å². The van der Waals surface area contributed by atoms with Crippen LogP contribution < -0.4 is 11.1 Å². The normalized spacial score (nSPS) is 15.9. The number of likely N-dealkylation sites (N-methyl/N-ethyl adjacent to an activating group) is 1. The molecule has 0 spiro atoms. The Bertz CT molecular complexity index is 1210. The average Bonchev–Trinajstić information content (AvgIpc) is 3.09. The summed E-state index contributed by atoms with van der Waals surface area (Å²) < 4.78 is 43.0. The van der Waals surface area contributed by atoms with Crippen molar-refractivity contribution in [2.75, 3.05) is 13.6 Å². The Labute approximate surface area is 230 Å². The fourth-order valence-electron chi connectivity index (χ4n) is 4.74. The molecule has 1 unspecified atom stereocenters. The molecule has 39 heavy (non-hydrogen) atoms. The minimum atomic E-state index is -4.94. The van der Waals surface area contributed by atoms with Crippen LogP contribution in [0.25, 0.3) is 11.1 Å². The third-order valence-corrected chi connectivity index (χ3v) is 6.50. The Morgan fingerprint density at radius 1 is 1.05 bits per heavy atom. The van der Waals surface area contributed by atoms with Crippen LogP contribution in [0, 0.1) is 0 Å². The zero-order valence-electron chi connectivity index (χ0n) is 23.4. The lowest BCUT2D eigenvalue weighted by molar-refractivity contribution is -0.266. The maximum Gasteiger partial charge on any atom is 0.417 e. The lowest BCUT2D eigenvalue weighted by Gasteiger charge is -2.38. The monoisotopic (exact) mass is 542 g/mol. The highest BCUT2D eigenvalue weighted by Gasteiger charge is 2.56. The average molecular weight is 543 g/mol. The Kier molecular flexibility index (Phi) is 11.2. The predicted molar refractivity (Wildman–Crippen MR) is 154 cm³/mol. The second-order valence-electron chi connectivity index (χ2n) is 10.2. The van der Waals surface area contributed by atoms with Gasteiger partial charge in [-0.2, -0.15) is 13.2 Å². The highest BCUT2D eigenvalue weighted by molar-refractivity contribution is 5.66. The predicted octanol–water partition coefficient (Wildman–Crippen LogP) is 7.31. The minimum Gasteiger partial charge on any atom is -0.508 e. The van der Waals surface area contributed by atoms with Crippen molar-refractivity contribution in [1.82, 2.24) is 5.32 Å². The quantitative estimate of drug-likeness (QED) is 0.268. The molecule has 1 aliphatic rings. The Morgan fingerprint density at radius 3 is 2.33 bits per heavy atom. The van der Waals surface area contributed by atoms with Crippen LogP contribution >= 0.6 is 0 Å². The highest BCUT2D eigenvalue weighted by atomic mass is 19.4. The summed E-state index contributed by atoms with van der Waals surface area (Å²) in [5.41, 5.74) is 5.28. The fraction of sp³-hybridized carbons (Fsp3) is 0.375. The number of rotatable bonds is 9. The van der Waals surface area contributed by atoms with E-state index < -0.39 is 30.0 Å². The number of nitrogens with two attached hydrogens (primary N) is 1. The van der Waals surface area contributed by atoms with Gasteiger partial charge in [0.2, 0.25) is 0 Å². The van der Waals surface area contributed by atoms with Crippen LogP contribution in [0.5, 0.6) is 5.75 Å². The van der Waals surface area contributed by atoms with Crippen LogP contribution in [0.15, 0.2) is 95.8 Å². The van der Waals surface area contributed by atoms with Gasteiger partial charge in [-0.1, -0.05) is 88.4 Å². The van der Waals surface area contributed by atoms with Crippen LogP contribution in [0.3, 0.4) is 0 Å². The summed E-state index contributed by atoms with van der Waals surface area (Å²) in [6.07, 6.45) is 3.33. The topological polar surface area (TPSA) is 78.5 Å². The molecule has 212 valence electrons. The molecule has 2 aromatic carbocycles. The smallest absolute Gasteiger partial charge is 0.417 e. The number of allylic oxidation sites excluding steroid dienone is 5. The molecule has 4 nitrogen and oxygen atoms in total. The molecular weight excluding hydrogens is 501 g/mol. The lowest BCUT2D eigenvalue weighted by atomic mass is 9.72. The van der Waals surface area contributed by atoms with E-state index in [1.54, 1.807) is 26.0 Å². The van der Waals surface area contributed by atoms with Gasteiger partial charge in [0.15, 0.2) is 5.60 Å². The number of hydrogen-bond donors (Lipinski definition) is 4. The number of nitrogens with one attached hydrogen (secondary N) is 1. The summed E-state index contributed by atoms with van der Waals surface area (Å²) in [4.78, 5) is 0. The molecule has 0 radical (unpaired) electrons. The van der Waals surface area contributed by atoms with E-state index in [-0.39, 0.29) is 11.4 Å². The first-order valence-electron chi connectivity index (χ1n) is 13.2. The number of aliphatic hydroxyl groups is 1. The first-order valence-corrected chi connectivity index (χ1v) is 13.2. The molecule has 0 aliphatic heterocycles. The van der Waals surface area contributed by atoms with Gasteiger partial charge >= 0.3 is 6.18 Å². The number of hydrogen-bond acceptors (Lipinski definition) is 4. The number of aromatic hydroxyl groups is 1. The van der Waals surface area contributed by atoms with Gasteiger partial charge in [-0.05, 0) is 65.8 Å². The lowest BCUT2D eigenvalue weighted by Crippen LogP contribution is -2.50. The van der Waals surface area contributed by atoms with Gasteiger partial charge in [0.05, 0.1) is 0 Å². The van der Waals surface area contributed by atoms with Crippen LogP contribution in [-0.2, 0) is 5.41 Å². The van der Waals surface area contributed by atoms with E-state index in [2.05, 4.69) is 5.32 Å². The molecule has 7 heteroatoms. The van der Waals surface area contributed by atoms with Crippen molar-refractivity contribution in [1.29, 1.82) is 0 Å². The van der Waals surface area contributed by atoms with Gasteiger partial charge in [-0.25, -0.2) is 0 Å². The second-order valence-corrected chi connectivity index (χ2v) is 10.2. The van der Waals surface area contributed by atoms with E-state index >= 15 is 0 Å². The molecule has 0 saturated carbocycles. The third kappa shape index (κ3) is 8.60. The molecule has 0 amide bonds. The standard InChI is InChI=1S/C30H35F3N2O2.C2H6/c1-28(2,26-17-24(13-14-27(26)36)23-11-5-4-6-12-23)20-29(37,30(31,32)33)18-25(34)16-21-9-7-8-10-22(15-21)19-35-3;1-2/h4-6,8-17,35-37H,7,18-20,34H2,1-3H3;1-2H3/b25-16-;. The van der Waals surface area contributed by atoms with E-state index in [4.69, 9.17) is 5.73 Å². The number of phenols is 1. The largest absolute Gasteiger partial charge is 0.508 e. The Hall–Kier alpha value is -3.29. The minimum absolute atomic E-state index is 0.0777. The SMILES string of the molecule is CC.CNCC1=CC(/C=C(\N)CC(O)(CC(C)(C)c2cc(-c3ccccc3)ccc2O)C(F)(F)F)=CCC=C1. The number of phenolic OH excluding ortho intramolecular Hbond substituents is 1. The first-order chi connectivity index (χ1) is 18.3. The summed E-state index contributed by atoms with van der Waals surface area (Å²) in [5, 5.41) is 24.7. The van der Waals surface area contributed by atoms with Gasteiger partial charge in [-0.3, -0.25) is 0 Å². The van der Waals surface area contributed by atoms with Crippen LogP contribution in [0.2, 0.25) is 0 Å². The van der Waals surface area contributed by atoms with Gasteiger partial charge in [0.1, 0.15) is 5.75 Å². The zero-order chi connectivity index (χ0) is 29.3. The molecule has 1 aliphatic carbocycles.